The zero-order chi connectivity index (χ0) is 15.2. The first-order valence-electron chi connectivity index (χ1n) is 6.37. The molecule has 8 heteroatoms. The monoisotopic (exact) mass is 282 g/mol. The van der Waals surface area contributed by atoms with Crippen molar-refractivity contribution in [3.63, 3.8) is 0 Å². The van der Waals surface area contributed by atoms with Crippen LogP contribution in [-0.2, 0) is 4.79 Å². The fraction of sp³-hybridized carbons (Fsp3) is 0.667. The molecule has 20 heavy (non-hydrogen) atoms. The van der Waals surface area contributed by atoms with Crippen molar-refractivity contribution in [1.29, 1.82) is 0 Å². The van der Waals surface area contributed by atoms with E-state index in [1.807, 2.05) is 20.8 Å². The Kier molecular flexibility index (Phi) is 5.48. The number of rotatable bonds is 6. The van der Waals surface area contributed by atoms with Gasteiger partial charge in [0.1, 0.15) is 0 Å². The molecule has 0 fully saturated rings. The van der Waals surface area contributed by atoms with E-state index in [0.717, 1.165) is 0 Å². The molecule has 3 N–H and O–H groups in total. The third kappa shape index (κ3) is 5.68. The van der Waals surface area contributed by atoms with Crippen molar-refractivity contribution in [3.05, 3.63) is 0 Å². The zero-order valence-electron chi connectivity index (χ0n) is 12.6. The van der Waals surface area contributed by atoms with Gasteiger partial charge in [0.2, 0.25) is 17.8 Å². The van der Waals surface area contributed by atoms with Crippen LogP contribution in [0, 0.1) is 0 Å². The molecule has 1 aromatic heterocycles. The highest BCUT2D eigenvalue weighted by Crippen LogP contribution is 2.10. The first kappa shape index (κ1) is 15.9. The fourth-order valence-electron chi connectivity index (χ4n) is 1.41. The van der Waals surface area contributed by atoms with E-state index >= 15 is 0 Å². The summed E-state index contributed by atoms with van der Waals surface area (Å²) in [5.74, 6) is 0.739. The van der Waals surface area contributed by atoms with Gasteiger partial charge < -0.3 is 20.7 Å². The van der Waals surface area contributed by atoms with E-state index in [2.05, 4.69) is 30.9 Å². The van der Waals surface area contributed by atoms with E-state index in [1.165, 1.54) is 7.11 Å². The van der Waals surface area contributed by atoms with Crippen LogP contribution >= 0.6 is 0 Å². The molecule has 0 unspecified atom stereocenters. The number of methoxy groups -OCH3 is 1. The molecule has 0 spiro atoms. The van der Waals surface area contributed by atoms with Crippen LogP contribution < -0.4 is 20.7 Å². The average molecular weight is 282 g/mol. The summed E-state index contributed by atoms with van der Waals surface area (Å²) in [6, 6.07) is 0.214. The summed E-state index contributed by atoms with van der Waals surface area (Å²) in [7, 11) is 3.19. The molecule has 1 aromatic rings. The second-order valence-corrected chi connectivity index (χ2v) is 5.19. The van der Waals surface area contributed by atoms with E-state index in [-0.39, 0.29) is 17.5 Å². The van der Waals surface area contributed by atoms with Crippen LogP contribution in [0.4, 0.5) is 11.9 Å². The van der Waals surface area contributed by atoms with Crippen LogP contribution in [-0.4, -0.2) is 47.1 Å². The lowest BCUT2D eigenvalue weighted by atomic mass is 10.1. The number of anilines is 2. The molecule has 1 heterocycles. The highest BCUT2D eigenvalue weighted by molar-refractivity contribution is 5.77. The topological polar surface area (TPSA) is 101 Å². The molecule has 0 saturated carbocycles. The van der Waals surface area contributed by atoms with Gasteiger partial charge in [-0.15, -0.1) is 0 Å². The van der Waals surface area contributed by atoms with Crippen LogP contribution in [0.5, 0.6) is 6.01 Å². The van der Waals surface area contributed by atoms with E-state index in [9.17, 15) is 4.79 Å². The van der Waals surface area contributed by atoms with Gasteiger partial charge in [0.05, 0.1) is 7.11 Å². The Labute approximate surface area is 118 Å². The van der Waals surface area contributed by atoms with Gasteiger partial charge in [0.25, 0.3) is 0 Å². The standard InChI is InChI=1S/C12H22N6O2/c1-12(2,3)18-8(19)6-7-14-10-15-9(13-4)16-11(17-10)20-5/h6-7H2,1-5H3,(H,18,19)(H2,13,14,15,16,17). The molecule has 1 rings (SSSR count). The SMILES string of the molecule is CNc1nc(NCCC(=O)NC(C)(C)C)nc(OC)n1. The van der Waals surface area contributed by atoms with Gasteiger partial charge in [-0.25, -0.2) is 0 Å². The maximum Gasteiger partial charge on any atom is 0.322 e. The molecular formula is C12H22N6O2. The second-order valence-electron chi connectivity index (χ2n) is 5.19. The normalized spacial score (nSPS) is 10.8. The predicted octanol–water partition coefficient (Wildman–Crippen LogP) is 0.639. The molecule has 112 valence electrons. The second kappa shape index (κ2) is 6.88. The average Bonchev–Trinajstić information content (AvgIpc) is 2.36. The maximum absolute atomic E-state index is 11.7. The van der Waals surface area contributed by atoms with E-state index in [1.54, 1.807) is 7.05 Å². The smallest absolute Gasteiger partial charge is 0.322 e. The van der Waals surface area contributed by atoms with Gasteiger partial charge in [0, 0.05) is 25.6 Å². The number of aromatic nitrogens is 3. The minimum Gasteiger partial charge on any atom is -0.467 e. The summed E-state index contributed by atoms with van der Waals surface area (Å²) in [6.07, 6.45) is 0.333. The maximum atomic E-state index is 11.7. The van der Waals surface area contributed by atoms with Gasteiger partial charge in [-0.3, -0.25) is 4.79 Å². The number of carbonyl (C=O) groups excluding carboxylic acids is 1. The highest BCUT2D eigenvalue weighted by Gasteiger charge is 2.13. The van der Waals surface area contributed by atoms with Crippen molar-refractivity contribution in [3.8, 4) is 6.01 Å². The number of carbonyl (C=O) groups is 1. The number of nitrogens with one attached hydrogen (secondary N) is 3. The van der Waals surface area contributed by atoms with E-state index in [0.29, 0.717) is 24.9 Å². The van der Waals surface area contributed by atoms with Crippen molar-refractivity contribution in [2.45, 2.75) is 32.7 Å². The van der Waals surface area contributed by atoms with Gasteiger partial charge in [0.15, 0.2) is 0 Å². The minimum absolute atomic E-state index is 0.0279. The minimum atomic E-state index is -0.229. The van der Waals surface area contributed by atoms with Crippen LogP contribution in [0.25, 0.3) is 0 Å². The molecule has 0 aliphatic heterocycles. The molecule has 0 atom stereocenters. The summed E-state index contributed by atoms with van der Waals surface area (Å²) in [5.41, 5.74) is -0.229. The molecule has 0 aromatic carbocycles. The van der Waals surface area contributed by atoms with Crippen molar-refractivity contribution in [1.82, 2.24) is 20.3 Å². The lowest BCUT2D eigenvalue weighted by Gasteiger charge is -2.20. The summed E-state index contributed by atoms with van der Waals surface area (Å²) in [6.45, 7) is 6.25. The molecule has 0 aliphatic carbocycles. The molecule has 0 saturated heterocycles. The van der Waals surface area contributed by atoms with Crippen molar-refractivity contribution < 1.29 is 9.53 Å². The Hall–Kier alpha value is -2.12. The Morgan fingerprint density at radius 1 is 1.20 bits per heavy atom. The number of hydrogen-bond acceptors (Lipinski definition) is 7. The summed E-state index contributed by atoms with van der Waals surface area (Å²) >= 11 is 0. The first-order valence-corrected chi connectivity index (χ1v) is 6.37. The highest BCUT2D eigenvalue weighted by atomic mass is 16.5. The zero-order valence-corrected chi connectivity index (χ0v) is 12.6. The molecular weight excluding hydrogens is 260 g/mol. The number of amides is 1. The fourth-order valence-corrected chi connectivity index (χ4v) is 1.41. The largest absolute Gasteiger partial charge is 0.467 e. The van der Waals surface area contributed by atoms with Gasteiger partial charge in [-0.05, 0) is 20.8 Å². The van der Waals surface area contributed by atoms with Crippen molar-refractivity contribution in [2.75, 3.05) is 31.3 Å². The number of hydrogen-bond donors (Lipinski definition) is 3. The van der Waals surface area contributed by atoms with Gasteiger partial charge in [-0.1, -0.05) is 0 Å². The summed E-state index contributed by atoms with van der Waals surface area (Å²) < 4.78 is 4.97. The predicted molar refractivity (Wildman–Crippen MR) is 76.9 cm³/mol. The van der Waals surface area contributed by atoms with Gasteiger partial charge >= 0.3 is 6.01 Å². The summed E-state index contributed by atoms with van der Waals surface area (Å²) in [5, 5.41) is 8.66. The lowest BCUT2D eigenvalue weighted by molar-refractivity contribution is -0.122. The lowest BCUT2D eigenvalue weighted by Crippen LogP contribution is -2.41. The Balaban J connectivity index is 2.51. The van der Waals surface area contributed by atoms with Crippen molar-refractivity contribution >= 4 is 17.8 Å². The van der Waals surface area contributed by atoms with Crippen LogP contribution in [0.2, 0.25) is 0 Å². The Morgan fingerprint density at radius 3 is 2.40 bits per heavy atom. The van der Waals surface area contributed by atoms with Crippen LogP contribution in [0.15, 0.2) is 0 Å². The van der Waals surface area contributed by atoms with E-state index in [4.69, 9.17) is 4.74 Å². The Bertz CT molecular complexity index is 436. The number of nitrogens with zero attached hydrogens (tertiary/aromatic N) is 3. The third-order valence-corrected chi connectivity index (χ3v) is 2.17. The van der Waals surface area contributed by atoms with Gasteiger partial charge in [-0.2, -0.15) is 15.0 Å². The Morgan fingerprint density at radius 2 is 1.85 bits per heavy atom. The van der Waals surface area contributed by atoms with Crippen molar-refractivity contribution in [2.24, 2.45) is 0 Å². The molecule has 0 radical (unpaired) electrons. The molecule has 0 aliphatic rings. The summed E-state index contributed by atoms with van der Waals surface area (Å²) in [4.78, 5) is 23.8. The van der Waals surface area contributed by atoms with E-state index < -0.39 is 0 Å². The third-order valence-electron chi connectivity index (χ3n) is 2.17. The first-order chi connectivity index (χ1) is 9.34. The van der Waals surface area contributed by atoms with Crippen LogP contribution in [0.3, 0.4) is 0 Å². The quantitative estimate of drug-likeness (QED) is 0.703. The molecule has 0 bridgehead atoms. The molecule has 8 nitrogen and oxygen atoms in total. The number of ether oxygens (including phenoxy) is 1. The molecule has 1 amide bonds. The van der Waals surface area contributed by atoms with Crippen LogP contribution in [0.1, 0.15) is 27.2 Å².